The highest BCUT2D eigenvalue weighted by Gasteiger charge is 2.17. The molecule has 0 spiro atoms. The Labute approximate surface area is 423 Å². The Kier molecular flexibility index (Phi) is 14.0. The molecule has 0 aliphatic heterocycles. The average molecular weight is 1020 g/mol. The van der Waals surface area contributed by atoms with Gasteiger partial charge in [-0.1, -0.05) is 197 Å². The molecular formula is C64H51Br2N3. The van der Waals surface area contributed by atoms with E-state index in [0.717, 1.165) is 90.7 Å². The summed E-state index contributed by atoms with van der Waals surface area (Å²) in [7, 11) is 0. The molecule has 0 bridgehead atoms. The van der Waals surface area contributed by atoms with Crippen molar-refractivity contribution >= 4 is 31.9 Å². The van der Waals surface area contributed by atoms with Gasteiger partial charge >= 0.3 is 0 Å². The summed E-state index contributed by atoms with van der Waals surface area (Å²) in [6, 6.07) is 72.1. The SMILES string of the molecule is CC(C)c1cccc(-c2cc(-c3ccc(-c4ccccc4)cc3)c(-c3ccccc3-c3cc(CCc4ccc(-c5cccc(Br)c5)nc4)cc(CCc4ccc(-c5cccc(Br)c5)nc4)c3)cn2)c1. The van der Waals surface area contributed by atoms with Crippen molar-refractivity contribution in [2.24, 2.45) is 0 Å². The molecule has 3 aromatic heterocycles. The topological polar surface area (TPSA) is 38.7 Å². The van der Waals surface area contributed by atoms with Crippen molar-refractivity contribution in [3.8, 4) is 78.3 Å². The third-order valence-electron chi connectivity index (χ3n) is 12.9. The molecule has 7 aromatic carbocycles. The second kappa shape index (κ2) is 21.1. The zero-order chi connectivity index (χ0) is 47.1. The summed E-state index contributed by atoms with van der Waals surface area (Å²) in [6.45, 7) is 4.48. The molecule has 0 saturated carbocycles. The minimum Gasteiger partial charge on any atom is -0.256 e. The molecule has 0 atom stereocenters. The van der Waals surface area contributed by atoms with E-state index in [4.69, 9.17) is 15.0 Å². The van der Waals surface area contributed by atoms with Gasteiger partial charge < -0.3 is 0 Å². The van der Waals surface area contributed by atoms with E-state index in [1.54, 1.807) is 0 Å². The van der Waals surface area contributed by atoms with Crippen LogP contribution in [0.25, 0.3) is 78.3 Å². The fourth-order valence-corrected chi connectivity index (χ4v) is 9.93. The van der Waals surface area contributed by atoms with Gasteiger partial charge in [-0.05, 0) is 147 Å². The van der Waals surface area contributed by atoms with Crippen molar-refractivity contribution in [2.75, 3.05) is 0 Å². The third-order valence-corrected chi connectivity index (χ3v) is 13.9. The molecule has 0 aliphatic carbocycles. The monoisotopic (exact) mass is 1020 g/mol. The second-order valence-corrected chi connectivity index (χ2v) is 19.9. The largest absolute Gasteiger partial charge is 0.256 e. The van der Waals surface area contributed by atoms with Crippen molar-refractivity contribution in [2.45, 2.75) is 45.4 Å². The van der Waals surface area contributed by atoms with Gasteiger partial charge in [-0.3, -0.25) is 15.0 Å². The summed E-state index contributed by atoms with van der Waals surface area (Å²) in [5, 5.41) is 0. The molecule has 10 rings (SSSR count). The number of aromatic nitrogens is 3. The summed E-state index contributed by atoms with van der Waals surface area (Å²) < 4.78 is 2.10. The Morgan fingerprint density at radius 3 is 1.38 bits per heavy atom. The third kappa shape index (κ3) is 11.0. The zero-order valence-corrected chi connectivity index (χ0v) is 42.0. The average Bonchev–Trinajstić information content (AvgIpc) is 3.40. The highest BCUT2D eigenvalue weighted by atomic mass is 79.9. The standard InChI is InChI=1S/C64H51Br2N3/c1-43(2)51-13-8-14-52(36-51)64-39-60(50-29-27-49(28-30-50)48-11-4-3-5-12-48)61(42-69-64)59-20-7-6-19-58(59)55-34-46(23-21-44-25-31-62(67-40-44)53-15-9-17-56(65)37-53)33-47(35-55)24-22-45-26-32-63(68-41-45)54-16-10-18-57(66)38-54/h3-20,25-43H,21-24H2,1-2H3. The summed E-state index contributed by atoms with van der Waals surface area (Å²) in [4.78, 5) is 15.0. The molecule has 0 radical (unpaired) electrons. The van der Waals surface area contributed by atoms with E-state index < -0.39 is 0 Å². The van der Waals surface area contributed by atoms with Crippen LogP contribution in [-0.2, 0) is 25.7 Å². The molecular weight excluding hydrogens is 971 g/mol. The first-order valence-electron chi connectivity index (χ1n) is 23.7. The van der Waals surface area contributed by atoms with Crippen molar-refractivity contribution < 1.29 is 0 Å². The van der Waals surface area contributed by atoms with Gasteiger partial charge in [-0.2, -0.15) is 0 Å². The molecule has 0 unspecified atom stereocenters. The first kappa shape index (κ1) is 45.7. The molecule has 69 heavy (non-hydrogen) atoms. The summed E-state index contributed by atoms with van der Waals surface area (Å²) in [5.41, 5.74) is 21.9. The molecule has 0 N–H and O–H groups in total. The maximum absolute atomic E-state index is 5.22. The van der Waals surface area contributed by atoms with E-state index in [2.05, 4.69) is 240 Å². The van der Waals surface area contributed by atoms with Crippen LogP contribution in [0.15, 0.2) is 228 Å². The maximum Gasteiger partial charge on any atom is 0.0708 e. The number of halogens is 2. The lowest BCUT2D eigenvalue weighted by Crippen LogP contribution is -1.99. The van der Waals surface area contributed by atoms with Crippen LogP contribution in [0.2, 0.25) is 0 Å². The quantitative estimate of drug-likeness (QED) is 0.109. The van der Waals surface area contributed by atoms with Crippen LogP contribution < -0.4 is 0 Å². The van der Waals surface area contributed by atoms with Gasteiger partial charge in [0.15, 0.2) is 0 Å². The lowest BCUT2D eigenvalue weighted by atomic mass is 9.87. The van der Waals surface area contributed by atoms with E-state index in [1.165, 1.54) is 50.1 Å². The first-order valence-corrected chi connectivity index (χ1v) is 25.3. The van der Waals surface area contributed by atoms with E-state index in [0.29, 0.717) is 5.92 Å². The Morgan fingerprint density at radius 1 is 0.319 bits per heavy atom. The van der Waals surface area contributed by atoms with E-state index in [-0.39, 0.29) is 0 Å². The van der Waals surface area contributed by atoms with Crippen LogP contribution in [0.1, 0.15) is 47.6 Å². The predicted octanol–water partition coefficient (Wildman–Crippen LogP) is 17.8. The Bertz CT molecular complexity index is 3250. The lowest BCUT2D eigenvalue weighted by molar-refractivity contribution is 0.867. The van der Waals surface area contributed by atoms with Gasteiger partial charge in [0.2, 0.25) is 0 Å². The number of aryl methyl sites for hydroxylation is 4. The number of hydrogen-bond acceptors (Lipinski definition) is 3. The Hall–Kier alpha value is -7.05. The zero-order valence-electron chi connectivity index (χ0n) is 38.8. The predicted molar refractivity (Wildman–Crippen MR) is 295 cm³/mol. The number of rotatable bonds is 14. The van der Waals surface area contributed by atoms with Gasteiger partial charge in [0, 0.05) is 49.8 Å². The van der Waals surface area contributed by atoms with Crippen LogP contribution in [0.3, 0.4) is 0 Å². The molecule has 0 fully saturated rings. The summed E-state index contributed by atoms with van der Waals surface area (Å²) in [5.74, 6) is 0.418. The minimum atomic E-state index is 0.418. The smallest absolute Gasteiger partial charge is 0.0708 e. The minimum absolute atomic E-state index is 0.418. The molecule has 0 amide bonds. The van der Waals surface area contributed by atoms with Crippen LogP contribution in [0, 0.1) is 0 Å². The number of benzene rings is 7. The van der Waals surface area contributed by atoms with Crippen LogP contribution >= 0.6 is 31.9 Å². The first-order chi connectivity index (χ1) is 33.8. The fraction of sp³-hybridized carbons (Fsp3) is 0.109. The number of pyridine rings is 3. The molecule has 0 aliphatic rings. The van der Waals surface area contributed by atoms with Crippen LogP contribution in [-0.4, -0.2) is 15.0 Å². The Morgan fingerprint density at radius 2 is 0.812 bits per heavy atom. The molecule has 3 heterocycles. The van der Waals surface area contributed by atoms with Crippen molar-refractivity contribution in [1.29, 1.82) is 0 Å². The van der Waals surface area contributed by atoms with Gasteiger partial charge in [-0.25, -0.2) is 0 Å². The van der Waals surface area contributed by atoms with Crippen LogP contribution in [0.4, 0.5) is 0 Å². The number of hydrogen-bond donors (Lipinski definition) is 0. The van der Waals surface area contributed by atoms with Crippen molar-refractivity contribution in [3.63, 3.8) is 0 Å². The molecule has 0 saturated heterocycles. The van der Waals surface area contributed by atoms with E-state index >= 15 is 0 Å². The maximum atomic E-state index is 5.22. The second-order valence-electron chi connectivity index (χ2n) is 18.0. The van der Waals surface area contributed by atoms with Gasteiger partial charge in [0.1, 0.15) is 0 Å². The van der Waals surface area contributed by atoms with E-state index in [1.807, 2.05) is 24.5 Å². The molecule has 10 aromatic rings. The highest BCUT2D eigenvalue weighted by Crippen LogP contribution is 2.41. The lowest BCUT2D eigenvalue weighted by Gasteiger charge is -2.18. The highest BCUT2D eigenvalue weighted by molar-refractivity contribution is 9.10. The number of nitrogens with zero attached hydrogens (tertiary/aromatic N) is 3. The van der Waals surface area contributed by atoms with Gasteiger partial charge in [0.25, 0.3) is 0 Å². The molecule has 5 heteroatoms. The Balaban J connectivity index is 1.02. The van der Waals surface area contributed by atoms with Gasteiger partial charge in [-0.15, -0.1) is 0 Å². The van der Waals surface area contributed by atoms with E-state index in [9.17, 15) is 0 Å². The van der Waals surface area contributed by atoms with Crippen molar-refractivity contribution in [3.05, 3.63) is 256 Å². The molecule has 3 nitrogen and oxygen atoms in total. The van der Waals surface area contributed by atoms with Crippen molar-refractivity contribution in [1.82, 2.24) is 15.0 Å². The normalized spacial score (nSPS) is 11.3. The van der Waals surface area contributed by atoms with Crippen LogP contribution in [0.5, 0.6) is 0 Å². The summed E-state index contributed by atoms with van der Waals surface area (Å²) in [6.07, 6.45) is 9.68. The molecule has 336 valence electrons. The fourth-order valence-electron chi connectivity index (χ4n) is 9.13. The summed E-state index contributed by atoms with van der Waals surface area (Å²) >= 11 is 7.23. The van der Waals surface area contributed by atoms with Gasteiger partial charge in [0.05, 0.1) is 17.1 Å².